The Labute approximate surface area is 89.6 Å². The van der Waals surface area contributed by atoms with Crippen molar-refractivity contribution in [3.8, 4) is 0 Å². The van der Waals surface area contributed by atoms with Crippen LogP contribution in [0.1, 0.15) is 25.6 Å². The van der Waals surface area contributed by atoms with Crippen LogP contribution in [0.15, 0.2) is 30.3 Å². The molecule has 0 aliphatic heterocycles. The highest BCUT2D eigenvalue weighted by Gasteiger charge is 2.12. The Kier molecular flexibility index (Phi) is 2.36. The first-order valence-corrected chi connectivity index (χ1v) is 5.84. The standard InChI is InChI=1S/C13H16S/c1-13(2,3)9-11-8-10-6-4-5-7-12(10)14-11/h4-8H,9H2,1-3H3. The molecule has 0 fully saturated rings. The Balaban J connectivity index is 2.36. The second kappa shape index (κ2) is 3.39. The van der Waals surface area contributed by atoms with E-state index in [0.717, 1.165) is 0 Å². The van der Waals surface area contributed by atoms with Gasteiger partial charge in [0.2, 0.25) is 0 Å². The van der Waals surface area contributed by atoms with Gasteiger partial charge >= 0.3 is 0 Å². The van der Waals surface area contributed by atoms with Crippen LogP contribution >= 0.6 is 11.3 Å². The van der Waals surface area contributed by atoms with Crippen LogP contribution in [0.25, 0.3) is 10.1 Å². The lowest BCUT2D eigenvalue weighted by molar-refractivity contribution is 0.415. The third kappa shape index (κ3) is 2.16. The fourth-order valence-corrected chi connectivity index (χ4v) is 3.01. The molecule has 0 spiro atoms. The van der Waals surface area contributed by atoms with E-state index in [1.807, 2.05) is 11.3 Å². The van der Waals surface area contributed by atoms with Crippen molar-refractivity contribution < 1.29 is 0 Å². The number of rotatable bonds is 1. The summed E-state index contributed by atoms with van der Waals surface area (Å²) >= 11 is 1.92. The monoisotopic (exact) mass is 204 g/mol. The van der Waals surface area contributed by atoms with Gasteiger partial charge in [0.15, 0.2) is 0 Å². The molecule has 2 rings (SSSR count). The Hall–Kier alpha value is -0.820. The van der Waals surface area contributed by atoms with Gasteiger partial charge in [-0.2, -0.15) is 0 Å². The maximum atomic E-state index is 2.32. The molecule has 1 aromatic heterocycles. The number of fused-ring (bicyclic) bond motifs is 1. The minimum absolute atomic E-state index is 0.390. The molecule has 2 aromatic rings. The highest BCUT2D eigenvalue weighted by atomic mass is 32.1. The van der Waals surface area contributed by atoms with Gasteiger partial charge in [0, 0.05) is 9.58 Å². The van der Waals surface area contributed by atoms with E-state index in [1.54, 1.807) is 0 Å². The van der Waals surface area contributed by atoms with Crippen molar-refractivity contribution in [1.29, 1.82) is 0 Å². The summed E-state index contributed by atoms with van der Waals surface area (Å²) in [4.78, 5) is 1.50. The SMILES string of the molecule is CC(C)(C)Cc1cc2ccccc2s1. The zero-order valence-electron chi connectivity index (χ0n) is 9.00. The molecule has 0 unspecified atom stereocenters. The maximum Gasteiger partial charge on any atom is 0.0345 e. The quantitative estimate of drug-likeness (QED) is 0.642. The van der Waals surface area contributed by atoms with Crippen molar-refractivity contribution in [2.24, 2.45) is 5.41 Å². The lowest BCUT2D eigenvalue weighted by Gasteiger charge is -2.16. The number of benzene rings is 1. The summed E-state index contributed by atoms with van der Waals surface area (Å²) in [7, 11) is 0. The van der Waals surface area contributed by atoms with Crippen molar-refractivity contribution in [3.05, 3.63) is 35.2 Å². The van der Waals surface area contributed by atoms with Crippen molar-refractivity contribution in [3.63, 3.8) is 0 Å². The molecule has 1 heteroatoms. The van der Waals surface area contributed by atoms with Crippen LogP contribution in [0, 0.1) is 5.41 Å². The Morgan fingerprint density at radius 1 is 1.14 bits per heavy atom. The Morgan fingerprint density at radius 3 is 2.50 bits per heavy atom. The predicted octanol–water partition coefficient (Wildman–Crippen LogP) is 4.49. The summed E-state index contributed by atoms with van der Waals surface area (Å²) in [5.74, 6) is 0. The largest absolute Gasteiger partial charge is 0.140 e. The molecule has 1 aromatic carbocycles. The normalized spacial score (nSPS) is 12.2. The molecule has 0 aliphatic rings. The van der Waals surface area contributed by atoms with Crippen LogP contribution in [-0.2, 0) is 6.42 Å². The second-order valence-electron chi connectivity index (χ2n) is 4.99. The maximum absolute atomic E-state index is 2.32. The van der Waals surface area contributed by atoms with Crippen molar-refractivity contribution in [1.82, 2.24) is 0 Å². The van der Waals surface area contributed by atoms with Gasteiger partial charge in [0.05, 0.1) is 0 Å². The predicted molar refractivity (Wildman–Crippen MR) is 65.0 cm³/mol. The third-order valence-corrected chi connectivity index (χ3v) is 3.30. The highest BCUT2D eigenvalue weighted by molar-refractivity contribution is 7.19. The molecule has 0 N–H and O–H groups in total. The van der Waals surface area contributed by atoms with E-state index < -0.39 is 0 Å². The van der Waals surface area contributed by atoms with Crippen LogP contribution in [0.3, 0.4) is 0 Å². The molecule has 0 bridgehead atoms. The summed E-state index contributed by atoms with van der Waals surface area (Å²) in [5.41, 5.74) is 0.390. The molecule has 0 atom stereocenters. The van der Waals surface area contributed by atoms with Crippen LogP contribution in [0.4, 0.5) is 0 Å². The lowest BCUT2D eigenvalue weighted by Crippen LogP contribution is -2.07. The van der Waals surface area contributed by atoms with Gasteiger partial charge in [0.1, 0.15) is 0 Å². The molecule has 0 amide bonds. The fraction of sp³-hybridized carbons (Fsp3) is 0.385. The van der Waals surface area contributed by atoms with E-state index in [-0.39, 0.29) is 0 Å². The van der Waals surface area contributed by atoms with Crippen LogP contribution in [0.2, 0.25) is 0 Å². The average Bonchev–Trinajstić information content (AvgIpc) is 2.42. The molecule has 1 heterocycles. The Morgan fingerprint density at radius 2 is 1.86 bits per heavy atom. The summed E-state index contributed by atoms with van der Waals surface area (Å²) < 4.78 is 1.41. The molecule has 74 valence electrons. The highest BCUT2D eigenvalue weighted by Crippen LogP contribution is 2.30. The van der Waals surface area contributed by atoms with E-state index in [2.05, 4.69) is 51.1 Å². The summed E-state index contributed by atoms with van der Waals surface area (Å²) in [6.07, 6.45) is 1.17. The van der Waals surface area contributed by atoms with Gasteiger partial charge < -0.3 is 0 Å². The fourth-order valence-electron chi connectivity index (χ4n) is 1.65. The summed E-state index contributed by atoms with van der Waals surface area (Å²) in [6.45, 7) is 6.87. The average molecular weight is 204 g/mol. The van der Waals surface area contributed by atoms with Crippen molar-refractivity contribution in [2.75, 3.05) is 0 Å². The van der Waals surface area contributed by atoms with Crippen LogP contribution in [0.5, 0.6) is 0 Å². The van der Waals surface area contributed by atoms with Crippen LogP contribution in [-0.4, -0.2) is 0 Å². The van der Waals surface area contributed by atoms with E-state index in [4.69, 9.17) is 0 Å². The molecule has 0 aliphatic carbocycles. The van der Waals surface area contributed by atoms with Crippen LogP contribution < -0.4 is 0 Å². The van der Waals surface area contributed by atoms with E-state index >= 15 is 0 Å². The first kappa shape index (κ1) is 9.72. The first-order valence-electron chi connectivity index (χ1n) is 5.02. The minimum atomic E-state index is 0.390. The van der Waals surface area contributed by atoms with Crippen molar-refractivity contribution >= 4 is 21.4 Å². The van der Waals surface area contributed by atoms with E-state index in [0.29, 0.717) is 5.41 Å². The zero-order valence-corrected chi connectivity index (χ0v) is 9.82. The molecule has 0 radical (unpaired) electrons. The zero-order chi connectivity index (χ0) is 10.2. The minimum Gasteiger partial charge on any atom is -0.140 e. The smallest absolute Gasteiger partial charge is 0.0345 e. The molecular weight excluding hydrogens is 188 g/mol. The Bertz CT molecular complexity index is 399. The topological polar surface area (TPSA) is 0 Å². The second-order valence-corrected chi connectivity index (χ2v) is 6.16. The first-order chi connectivity index (χ1) is 6.54. The molecule has 0 saturated carbocycles. The third-order valence-electron chi connectivity index (χ3n) is 2.18. The van der Waals surface area contributed by atoms with E-state index in [9.17, 15) is 0 Å². The van der Waals surface area contributed by atoms with Gasteiger partial charge in [-0.15, -0.1) is 11.3 Å². The summed E-state index contributed by atoms with van der Waals surface area (Å²) in [6, 6.07) is 10.9. The molecule has 0 nitrogen and oxygen atoms in total. The van der Waals surface area contributed by atoms with Gasteiger partial charge in [-0.25, -0.2) is 0 Å². The number of hydrogen-bond acceptors (Lipinski definition) is 1. The van der Waals surface area contributed by atoms with E-state index in [1.165, 1.54) is 21.4 Å². The van der Waals surface area contributed by atoms with Gasteiger partial charge in [-0.3, -0.25) is 0 Å². The van der Waals surface area contributed by atoms with Gasteiger partial charge in [0.25, 0.3) is 0 Å². The number of thiophene rings is 1. The molecular formula is C13H16S. The number of hydrogen-bond donors (Lipinski definition) is 0. The van der Waals surface area contributed by atoms with Gasteiger partial charge in [-0.1, -0.05) is 39.0 Å². The summed E-state index contributed by atoms with van der Waals surface area (Å²) in [5, 5.41) is 1.39. The molecule has 0 saturated heterocycles. The van der Waals surface area contributed by atoms with Crippen molar-refractivity contribution in [2.45, 2.75) is 27.2 Å². The lowest BCUT2D eigenvalue weighted by atomic mass is 9.91. The molecule has 14 heavy (non-hydrogen) atoms. The van der Waals surface area contributed by atoms with Gasteiger partial charge in [-0.05, 0) is 29.4 Å².